The third kappa shape index (κ3) is 6.10. The van der Waals surface area contributed by atoms with E-state index in [1.807, 2.05) is 13.8 Å². The molecule has 0 radical (unpaired) electrons. The highest BCUT2D eigenvalue weighted by Crippen LogP contribution is 2.24. The molecule has 0 saturated heterocycles. The lowest BCUT2D eigenvalue weighted by Gasteiger charge is -2.18. The zero-order valence-corrected chi connectivity index (χ0v) is 12.9. The quantitative estimate of drug-likeness (QED) is 0.227. The number of unbranched alkanes of at least 4 members (excludes halogenated alkanes) is 2. The van der Waals surface area contributed by atoms with E-state index >= 15 is 0 Å². The predicted molar refractivity (Wildman–Crippen MR) is 75.1 cm³/mol. The number of methoxy groups -OCH3 is 2. The van der Waals surface area contributed by atoms with Gasteiger partial charge in [0.1, 0.15) is 0 Å². The van der Waals surface area contributed by atoms with Gasteiger partial charge in [0, 0.05) is 5.88 Å². The number of alkyl halides is 1. The summed E-state index contributed by atoms with van der Waals surface area (Å²) in [6, 6.07) is 0. The summed E-state index contributed by atoms with van der Waals surface area (Å²) in [5.41, 5.74) is 1.74. The zero-order valence-electron chi connectivity index (χ0n) is 12.1. The Morgan fingerprint density at radius 3 is 1.89 bits per heavy atom. The average Bonchev–Trinajstić information content (AvgIpc) is 2.40. The maximum atomic E-state index is 11.8. The highest BCUT2D eigenvalue weighted by atomic mass is 35.5. The molecular formula is C14H23ClO4. The van der Waals surface area contributed by atoms with Crippen molar-refractivity contribution in [2.45, 2.75) is 39.5 Å². The van der Waals surface area contributed by atoms with Crippen LogP contribution in [0.4, 0.5) is 0 Å². The molecular weight excluding hydrogens is 268 g/mol. The third-order valence-electron chi connectivity index (χ3n) is 2.94. The Morgan fingerprint density at radius 1 is 1.00 bits per heavy atom. The zero-order chi connectivity index (χ0) is 14.8. The molecule has 110 valence electrons. The molecule has 5 heteroatoms. The van der Waals surface area contributed by atoms with E-state index in [2.05, 4.69) is 0 Å². The van der Waals surface area contributed by atoms with Crippen LogP contribution in [0.1, 0.15) is 39.5 Å². The van der Waals surface area contributed by atoms with Gasteiger partial charge >= 0.3 is 11.9 Å². The Labute approximate surface area is 120 Å². The summed E-state index contributed by atoms with van der Waals surface area (Å²) in [4.78, 5) is 23.5. The van der Waals surface area contributed by atoms with Gasteiger partial charge in [0.25, 0.3) is 0 Å². The van der Waals surface area contributed by atoms with Crippen molar-refractivity contribution in [3.63, 3.8) is 0 Å². The summed E-state index contributed by atoms with van der Waals surface area (Å²) in [5.74, 6) is -1.46. The SMILES string of the molecule is COC(=O)C(C(=O)OC)C(CCCCCCl)=C(C)C. The van der Waals surface area contributed by atoms with E-state index in [0.717, 1.165) is 30.4 Å². The molecule has 0 aliphatic heterocycles. The third-order valence-corrected chi connectivity index (χ3v) is 3.21. The molecule has 0 N–H and O–H groups in total. The number of allylic oxidation sites excluding steroid dienone is 1. The number of ether oxygens (including phenoxy) is 2. The molecule has 0 aromatic carbocycles. The molecule has 0 spiro atoms. The molecule has 0 rings (SSSR count). The minimum Gasteiger partial charge on any atom is -0.468 e. The molecule has 19 heavy (non-hydrogen) atoms. The van der Waals surface area contributed by atoms with Crippen LogP contribution in [0.3, 0.4) is 0 Å². The molecule has 0 atom stereocenters. The maximum Gasteiger partial charge on any atom is 0.324 e. The van der Waals surface area contributed by atoms with E-state index < -0.39 is 17.9 Å². The fourth-order valence-electron chi connectivity index (χ4n) is 1.89. The topological polar surface area (TPSA) is 52.6 Å². The second-order valence-electron chi connectivity index (χ2n) is 4.50. The van der Waals surface area contributed by atoms with Gasteiger partial charge in [0.05, 0.1) is 14.2 Å². The molecule has 0 aliphatic carbocycles. The van der Waals surface area contributed by atoms with Crippen molar-refractivity contribution < 1.29 is 19.1 Å². The number of esters is 2. The van der Waals surface area contributed by atoms with Gasteiger partial charge in [-0.3, -0.25) is 9.59 Å². The smallest absolute Gasteiger partial charge is 0.324 e. The number of rotatable bonds is 8. The second-order valence-corrected chi connectivity index (χ2v) is 4.88. The highest BCUT2D eigenvalue weighted by Gasteiger charge is 2.32. The lowest BCUT2D eigenvalue weighted by Crippen LogP contribution is -2.29. The molecule has 0 aliphatic rings. The molecule has 0 fully saturated rings. The normalized spacial score (nSPS) is 10.2. The number of hydrogen-bond donors (Lipinski definition) is 0. The van der Waals surface area contributed by atoms with Gasteiger partial charge in [-0.15, -0.1) is 11.6 Å². The van der Waals surface area contributed by atoms with Crippen LogP contribution >= 0.6 is 11.6 Å². The summed E-state index contributed by atoms with van der Waals surface area (Å²) in [6.07, 6.45) is 3.46. The van der Waals surface area contributed by atoms with E-state index in [1.165, 1.54) is 14.2 Å². The molecule has 0 amide bonds. The summed E-state index contributed by atoms with van der Waals surface area (Å²) in [6.45, 7) is 3.77. The van der Waals surface area contributed by atoms with E-state index in [1.54, 1.807) is 0 Å². The fraction of sp³-hybridized carbons (Fsp3) is 0.714. The molecule has 0 saturated carbocycles. The highest BCUT2D eigenvalue weighted by molar-refractivity contribution is 6.17. The van der Waals surface area contributed by atoms with E-state index in [0.29, 0.717) is 12.3 Å². The molecule has 4 nitrogen and oxygen atoms in total. The summed E-state index contributed by atoms with van der Waals surface area (Å²) in [7, 11) is 2.54. The first kappa shape index (κ1) is 18.0. The fourth-order valence-corrected chi connectivity index (χ4v) is 2.08. The minimum absolute atomic E-state index is 0.569. The maximum absolute atomic E-state index is 11.8. The molecule has 0 aromatic rings. The van der Waals surface area contributed by atoms with Crippen LogP contribution in [0.5, 0.6) is 0 Å². The summed E-state index contributed by atoms with van der Waals surface area (Å²) < 4.78 is 9.40. The van der Waals surface area contributed by atoms with Crippen LogP contribution in [0.2, 0.25) is 0 Å². The van der Waals surface area contributed by atoms with Gasteiger partial charge in [-0.1, -0.05) is 12.0 Å². The number of carbonyl (C=O) groups excluding carboxylic acids is 2. The first-order valence-electron chi connectivity index (χ1n) is 6.37. The molecule has 0 aromatic heterocycles. The average molecular weight is 291 g/mol. The van der Waals surface area contributed by atoms with E-state index in [-0.39, 0.29) is 0 Å². The van der Waals surface area contributed by atoms with Crippen LogP contribution in [-0.2, 0) is 19.1 Å². The number of carbonyl (C=O) groups is 2. The van der Waals surface area contributed by atoms with Crippen molar-refractivity contribution in [2.75, 3.05) is 20.1 Å². The van der Waals surface area contributed by atoms with Gasteiger partial charge in [-0.25, -0.2) is 0 Å². The van der Waals surface area contributed by atoms with Crippen molar-refractivity contribution in [3.8, 4) is 0 Å². The first-order valence-corrected chi connectivity index (χ1v) is 6.90. The van der Waals surface area contributed by atoms with Gasteiger partial charge in [0.15, 0.2) is 5.92 Å². The van der Waals surface area contributed by atoms with Crippen molar-refractivity contribution in [2.24, 2.45) is 5.92 Å². The second kappa shape index (κ2) is 9.84. The van der Waals surface area contributed by atoms with Gasteiger partial charge in [-0.2, -0.15) is 0 Å². The largest absolute Gasteiger partial charge is 0.468 e. The predicted octanol–water partition coefficient (Wildman–Crippen LogP) is 3.08. The minimum atomic E-state index is -0.948. The van der Waals surface area contributed by atoms with Crippen molar-refractivity contribution in [1.29, 1.82) is 0 Å². The Balaban J connectivity index is 4.94. The monoisotopic (exact) mass is 290 g/mol. The standard InChI is InChI=1S/C14H23ClO4/c1-10(2)11(8-6-5-7-9-15)12(13(16)18-3)14(17)19-4/h12H,5-9H2,1-4H3. The number of hydrogen-bond acceptors (Lipinski definition) is 4. The first-order chi connectivity index (χ1) is 8.99. The lowest BCUT2D eigenvalue weighted by atomic mass is 9.90. The molecule has 0 heterocycles. The van der Waals surface area contributed by atoms with Crippen molar-refractivity contribution >= 4 is 23.5 Å². The molecule has 0 bridgehead atoms. The summed E-state index contributed by atoms with van der Waals surface area (Å²) >= 11 is 5.63. The Morgan fingerprint density at radius 2 is 1.53 bits per heavy atom. The Kier molecular flexibility index (Phi) is 9.31. The summed E-state index contributed by atoms with van der Waals surface area (Å²) in [5, 5.41) is 0. The van der Waals surface area contributed by atoms with Crippen LogP contribution < -0.4 is 0 Å². The van der Waals surface area contributed by atoms with E-state index in [4.69, 9.17) is 21.1 Å². The van der Waals surface area contributed by atoms with Crippen molar-refractivity contribution in [1.82, 2.24) is 0 Å². The Hall–Kier alpha value is -1.03. The van der Waals surface area contributed by atoms with Gasteiger partial charge in [0.2, 0.25) is 0 Å². The van der Waals surface area contributed by atoms with Gasteiger partial charge < -0.3 is 9.47 Å². The van der Waals surface area contributed by atoms with E-state index in [9.17, 15) is 9.59 Å². The number of halogens is 1. The van der Waals surface area contributed by atoms with Crippen LogP contribution in [0.25, 0.3) is 0 Å². The van der Waals surface area contributed by atoms with Gasteiger partial charge in [-0.05, 0) is 38.7 Å². The van der Waals surface area contributed by atoms with Crippen LogP contribution in [-0.4, -0.2) is 32.0 Å². The molecule has 0 unspecified atom stereocenters. The van der Waals surface area contributed by atoms with Crippen LogP contribution in [0, 0.1) is 5.92 Å². The Bertz CT molecular complexity index is 316. The van der Waals surface area contributed by atoms with Crippen LogP contribution in [0.15, 0.2) is 11.1 Å². The van der Waals surface area contributed by atoms with Crippen molar-refractivity contribution in [3.05, 3.63) is 11.1 Å². The lowest BCUT2D eigenvalue weighted by molar-refractivity contribution is -0.156.